The molecule has 1 aromatic carbocycles. The van der Waals surface area contributed by atoms with Gasteiger partial charge in [0, 0.05) is 23.5 Å². The van der Waals surface area contributed by atoms with Gasteiger partial charge in [0.25, 0.3) is 0 Å². The number of hydrogen-bond donors (Lipinski definition) is 0. The number of fused-ring (bicyclic) bond motifs is 1. The largest absolute Gasteiger partial charge is 0.484 e. The minimum absolute atomic E-state index is 0.0353. The number of hydrogen-bond acceptors (Lipinski definition) is 3. The molecule has 0 amide bonds. The lowest BCUT2D eigenvalue weighted by molar-refractivity contribution is 0.0849. The first-order valence-electron chi connectivity index (χ1n) is 6.05. The van der Waals surface area contributed by atoms with Crippen LogP contribution >= 0.6 is 0 Å². The molecule has 19 heavy (non-hydrogen) atoms. The third kappa shape index (κ3) is 2.21. The molecule has 1 aliphatic heterocycles. The molecule has 0 saturated heterocycles. The summed E-state index contributed by atoms with van der Waals surface area (Å²) in [7, 11) is 0. The number of benzene rings is 1. The summed E-state index contributed by atoms with van der Waals surface area (Å²) in [4.78, 5) is 16.2. The number of ether oxygens (including phenoxy) is 1. The molecule has 2 heterocycles. The van der Waals surface area contributed by atoms with Gasteiger partial charge in [-0.25, -0.2) is 4.39 Å². The number of aryl methyl sites for hydroxylation is 1. The molecule has 4 heteroatoms. The van der Waals surface area contributed by atoms with Gasteiger partial charge in [0.15, 0.2) is 5.78 Å². The zero-order chi connectivity index (χ0) is 13.4. The van der Waals surface area contributed by atoms with Gasteiger partial charge in [-0.15, -0.1) is 0 Å². The van der Waals surface area contributed by atoms with Crippen LogP contribution in [0.2, 0.25) is 0 Å². The van der Waals surface area contributed by atoms with Crippen molar-refractivity contribution in [2.75, 3.05) is 0 Å². The van der Waals surface area contributed by atoms with Crippen LogP contribution in [0.25, 0.3) is 0 Å². The molecule has 1 aliphatic rings. The molecule has 2 aromatic rings. The van der Waals surface area contributed by atoms with Gasteiger partial charge < -0.3 is 4.74 Å². The van der Waals surface area contributed by atoms with Crippen LogP contribution < -0.4 is 4.74 Å². The van der Waals surface area contributed by atoms with Gasteiger partial charge in [0.2, 0.25) is 0 Å². The number of rotatable bonds is 1. The highest BCUT2D eigenvalue weighted by Gasteiger charge is 2.28. The lowest BCUT2D eigenvalue weighted by atomic mass is 9.97. The van der Waals surface area contributed by atoms with Crippen LogP contribution in [-0.4, -0.2) is 10.8 Å². The highest BCUT2D eigenvalue weighted by molar-refractivity contribution is 5.99. The number of pyridine rings is 1. The second-order valence-electron chi connectivity index (χ2n) is 4.61. The van der Waals surface area contributed by atoms with E-state index in [1.807, 2.05) is 19.1 Å². The molecule has 1 unspecified atom stereocenters. The zero-order valence-corrected chi connectivity index (χ0v) is 10.4. The van der Waals surface area contributed by atoms with E-state index in [-0.39, 0.29) is 12.2 Å². The van der Waals surface area contributed by atoms with Crippen molar-refractivity contribution < 1.29 is 13.9 Å². The van der Waals surface area contributed by atoms with Crippen molar-refractivity contribution in [3.63, 3.8) is 0 Å². The van der Waals surface area contributed by atoms with Gasteiger partial charge in [-0.05, 0) is 25.1 Å². The van der Waals surface area contributed by atoms with Crippen molar-refractivity contribution in [3.05, 3.63) is 59.2 Å². The average Bonchev–Trinajstić information content (AvgIpc) is 2.38. The second-order valence-corrected chi connectivity index (χ2v) is 4.61. The molecule has 0 bridgehead atoms. The summed E-state index contributed by atoms with van der Waals surface area (Å²) in [6.07, 6.45) is 1.55. The van der Waals surface area contributed by atoms with Crippen molar-refractivity contribution in [1.82, 2.24) is 4.98 Å². The first kappa shape index (κ1) is 11.8. The summed E-state index contributed by atoms with van der Waals surface area (Å²) in [5.41, 5.74) is 2.17. The number of ketones is 1. The van der Waals surface area contributed by atoms with Crippen LogP contribution in [0.1, 0.15) is 34.1 Å². The number of aromatic nitrogens is 1. The van der Waals surface area contributed by atoms with E-state index in [1.54, 1.807) is 6.20 Å². The Labute approximate surface area is 110 Å². The third-order valence-electron chi connectivity index (χ3n) is 3.19. The minimum Gasteiger partial charge on any atom is -0.484 e. The monoisotopic (exact) mass is 257 g/mol. The smallest absolute Gasteiger partial charge is 0.170 e. The van der Waals surface area contributed by atoms with E-state index in [2.05, 4.69) is 4.98 Å². The standard InChI is InChI=1S/C15H12FNO2/c1-9-2-3-10(8-17-9)14-7-13(18)12-5-4-11(16)6-15(12)19-14/h2-6,8,14H,7H2,1H3. The van der Waals surface area contributed by atoms with Gasteiger partial charge in [-0.3, -0.25) is 9.78 Å². The second kappa shape index (κ2) is 4.46. The van der Waals surface area contributed by atoms with Crippen LogP contribution in [0.3, 0.4) is 0 Å². The summed E-state index contributed by atoms with van der Waals surface area (Å²) in [6.45, 7) is 1.89. The molecular formula is C15H12FNO2. The van der Waals surface area contributed by atoms with Crippen molar-refractivity contribution in [2.24, 2.45) is 0 Å². The fraction of sp³-hybridized carbons (Fsp3) is 0.200. The predicted octanol–water partition coefficient (Wildman–Crippen LogP) is 3.24. The molecule has 3 nitrogen and oxygen atoms in total. The van der Waals surface area contributed by atoms with Crippen LogP contribution in [0.15, 0.2) is 36.5 Å². The minimum atomic E-state index is -0.408. The highest BCUT2D eigenvalue weighted by atomic mass is 19.1. The molecule has 0 aliphatic carbocycles. The Morgan fingerprint density at radius 2 is 2.16 bits per heavy atom. The molecule has 0 fully saturated rings. The van der Waals surface area contributed by atoms with E-state index < -0.39 is 11.9 Å². The normalized spacial score (nSPS) is 17.8. The Kier molecular flexibility index (Phi) is 2.78. The molecule has 0 radical (unpaired) electrons. The lowest BCUT2D eigenvalue weighted by Crippen LogP contribution is -2.20. The first-order valence-corrected chi connectivity index (χ1v) is 6.05. The fourth-order valence-corrected chi connectivity index (χ4v) is 2.15. The zero-order valence-electron chi connectivity index (χ0n) is 10.4. The van der Waals surface area contributed by atoms with Gasteiger partial charge in [-0.2, -0.15) is 0 Å². The molecule has 1 atom stereocenters. The number of carbonyl (C=O) groups is 1. The van der Waals surface area contributed by atoms with Gasteiger partial charge >= 0.3 is 0 Å². The average molecular weight is 257 g/mol. The molecule has 0 N–H and O–H groups in total. The maximum Gasteiger partial charge on any atom is 0.170 e. The molecule has 96 valence electrons. The lowest BCUT2D eigenvalue weighted by Gasteiger charge is -2.25. The Morgan fingerprint density at radius 1 is 1.32 bits per heavy atom. The fourth-order valence-electron chi connectivity index (χ4n) is 2.15. The Morgan fingerprint density at radius 3 is 2.89 bits per heavy atom. The number of nitrogens with zero attached hydrogens (tertiary/aromatic N) is 1. The van der Waals surface area contributed by atoms with E-state index in [9.17, 15) is 9.18 Å². The van der Waals surface area contributed by atoms with Crippen molar-refractivity contribution >= 4 is 5.78 Å². The van der Waals surface area contributed by atoms with E-state index in [0.717, 1.165) is 11.3 Å². The van der Waals surface area contributed by atoms with Crippen LogP contribution in [0.4, 0.5) is 4.39 Å². The summed E-state index contributed by atoms with van der Waals surface area (Å²) < 4.78 is 18.9. The number of carbonyl (C=O) groups excluding carboxylic acids is 1. The Bertz CT molecular complexity index is 637. The Balaban J connectivity index is 1.96. The van der Waals surface area contributed by atoms with Crippen LogP contribution in [0.5, 0.6) is 5.75 Å². The Hall–Kier alpha value is -2.23. The van der Waals surface area contributed by atoms with Gasteiger partial charge in [0.05, 0.1) is 12.0 Å². The maximum absolute atomic E-state index is 13.2. The highest BCUT2D eigenvalue weighted by Crippen LogP contribution is 2.34. The van der Waals surface area contributed by atoms with E-state index in [4.69, 9.17) is 4.74 Å². The van der Waals surface area contributed by atoms with Crippen molar-refractivity contribution in [1.29, 1.82) is 0 Å². The predicted molar refractivity (Wildman–Crippen MR) is 67.7 cm³/mol. The molecule has 3 rings (SSSR count). The summed E-state index contributed by atoms with van der Waals surface area (Å²) in [6, 6.07) is 7.74. The van der Waals surface area contributed by atoms with Crippen LogP contribution in [-0.2, 0) is 0 Å². The SMILES string of the molecule is Cc1ccc(C2CC(=O)c3ccc(F)cc3O2)cn1. The van der Waals surface area contributed by atoms with Crippen LogP contribution in [0, 0.1) is 12.7 Å². The van der Waals surface area contributed by atoms with Gasteiger partial charge in [-0.1, -0.05) is 6.07 Å². The number of halogens is 1. The summed E-state index contributed by atoms with van der Waals surface area (Å²) in [5.74, 6) is -0.136. The quantitative estimate of drug-likeness (QED) is 0.787. The summed E-state index contributed by atoms with van der Waals surface area (Å²) >= 11 is 0. The molecule has 1 aromatic heterocycles. The first-order chi connectivity index (χ1) is 9.13. The topological polar surface area (TPSA) is 39.2 Å². The molecular weight excluding hydrogens is 245 g/mol. The van der Waals surface area contributed by atoms with E-state index in [0.29, 0.717) is 11.3 Å². The maximum atomic E-state index is 13.2. The molecule has 0 saturated carbocycles. The van der Waals surface area contributed by atoms with Gasteiger partial charge in [0.1, 0.15) is 17.7 Å². The number of Topliss-reactive ketones (excluding diaryl/α,β-unsaturated/α-hetero) is 1. The third-order valence-corrected chi connectivity index (χ3v) is 3.19. The van der Waals surface area contributed by atoms with Crippen molar-refractivity contribution in [2.45, 2.75) is 19.4 Å². The van der Waals surface area contributed by atoms with E-state index >= 15 is 0 Å². The molecule has 0 spiro atoms. The van der Waals surface area contributed by atoms with E-state index in [1.165, 1.54) is 18.2 Å². The van der Waals surface area contributed by atoms with Crippen molar-refractivity contribution in [3.8, 4) is 5.75 Å². The summed E-state index contributed by atoms with van der Waals surface area (Å²) in [5, 5.41) is 0.